The van der Waals surface area contributed by atoms with Gasteiger partial charge in [0.15, 0.2) is 0 Å². The SMILES string of the molecule is O=S(c1ccc(Cl)cc1Cl)c1ccc(Cl)cc1Cl. The van der Waals surface area contributed by atoms with E-state index in [0.717, 1.165) is 0 Å². The fraction of sp³-hybridized carbons (Fsp3) is 0. The van der Waals surface area contributed by atoms with Crippen LogP contribution in [-0.2, 0) is 10.8 Å². The molecule has 6 heteroatoms. The van der Waals surface area contributed by atoms with Crippen molar-refractivity contribution in [2.75, 3.05) is 0 Å². The van der Waals surface area contributed by atoms with Gasteiger partial charge in [-0.25, -0.2) is 4.21 Å². The molecule has 0 bridgehead atoms. The lowest BCUT2D eigenvalue weighted by Crippen LogP contribution is -1.95. The Labute approximate surface area is 127 Å². The molecule has 0 aromatic heterocycles. The zero-order valence-electron chi connectivity index (χ0n) is 8.79. The van der Waals surface area contributed by atoms with Crippen LogP contribution in [0.5, 0.6) is 0 Å². The van der Waals surface area contributed by atoms with Gasteiger partial charge in [0.2, 0.25) is 0 Å². The molecule has 0 spiro atoms. The Morgan fingerprint density at radius 1 is 0.722 bits per heavy atom. The highest BCUT2D eigenvalue weighted by atomic mass is 35.5. The molecule has 0 atom stereocenters. The predicted octanol–water partition coefficient (Wildman–Crippen LogP) is 5.47. The number of benzene rings is 2. The van der Waals surface area contributed by atoms with Crippen molar-refractivity contribution in [3.63, 3.8) is 0 Å². The van der Waals surface area contributed by atoms with Crippen LogP contribution in [0.25, 0.3) is 0 Å². The zero-order chi connectivity index (χ0) is 13.3. The zero-order valence-corrected chi connectivity index (χ0v) is 12.6. The second-order valence-corrected chi connectivity index (χ2v) is 6.52. The van der Waals surface area contributed by atoms with Crippen LogP contribution in [0.2, 0.25) is 20.1 Å². The first-order valence-electron chi connectivity index (χ1n) is 4.81. The van der Waals surface area contributed by atoms with Crippen molar-refractivity contribution < 1.29 is 4.21 Å². The predicted molar refractivity (Wildman–Crippen MR) is 77.6 cm³/mol. The number of hydrogen-bond donors (Lipinski definition) is 0. The van der Waals surface area contributed by atoms with Crippen molar-refractivity contribution in [1.29, 1.82) is 0 Å². The summed E-state index contributed by atoms with van der Waals surface area (Å²) >= 11 is 23.6. The van der Waals surface area contributed by atoms with Gasteiger partial charge in [0.25, 0.3) is 0 Å². The summed E-state index contributed by atoms with van der Waals surface area (Å²) in [6.07, 6.45) is 0. The maximum absolute atomic E-state index is 12.4. The van der Waals surface area contributed by atoms with Crippen LogP contribution in [-0.4, -0.2) is 4.21 Å². The Morgan fingerprint density at radius 2 is 1.11 bits per heavy atom. The van der Waals surface area contributed by atoms with Gasteiger partial charge < -0.3 is 0 Å². The Kier molecular flexibility index (Phi) is 4.57. The van der Waals surface area contributed by atoms with Crippen LogP contribution in [0.15, 0.2) is 46.2 Å². The average Bonchev–Trinajstić information content (AvgIpc) is 2.28. The van der Waals surface area contributed by atoms with E-state index in [1.54, 1.807) is 36.4 Å². The van der Waals surface area contributed by atoms with Gasteiger partial charge in [-0.15, -0.1) is 0 Å². The molecule has 0 unspecified atom stereocenters. The van der Waals surface area contributed by atoms with E-state index in [1.807, 2.05) is 0 Å². The molecule has 0 saturated heterocycles. The van der Waals surface area contributed by atoms with Gasteiger partial charge in [-0.3, -0.25) is 0 Å². The number of halogens is 4. The lowest BCUT2D eigenvalue weighted by molar-refractivity contribution is 0.683. The second kappa shape index (κ2) is 5.81. The highest BCUT2D eigenvalue weighted by Gasteiger charge is 2.14. The fourth-order valence-electron chi connectivity index (χ4n) is 1.37. The van der Waals surface area contributed by atoms with Gasteiger partial charge in [-0.2, -0.15) is 0 Å². The summed E-state index contributed by atoms with van der Waals surface area (Å²) in [4.78, 5) is 0.926. The monoisotopic (exact) mass is 338 g/mol. The van der Waals surface area contributed by atoms with Crippen LogP contribution in [0, 0.1) is 0 Å². The fourth-order valence-corrected chi connectivity index (χ4v) is 3.70. The highest BCUT2D eigenvalue weighted by molar-refractivity contribution is 7.85. The standard InChI is InChI=1S/C12H6Cl4OS/c13-7-1-3-11(9(15)5-7)18(17)12-4-2-8(14)6-10(12)16/h1-6H. The summed E-state index contributed by atoms with van der Waals surface area (Å²) in [6, 6.07) is 9.58. The average molecular weight is 340 g/mol. The van der Waals surface area contributed by atoms with E-state index in [9.17, 15) is 4.21 Å². The molecule has 0 radical (unpaired) electrons. The first-order valence-corrected chi connectivity index (χ1v) is 7.47. The highest BCUT2D eigenvalue weighted by Crippen LogP contribution is 2.31. The molecule has 2 rings (SSSR count). The van der Waals surface area contributed by atoms with E-state index >= 15 is 0 Å². The van der Waals surface area contributed by atoms with Crippen molar-refractivity contribution in [1.82, 2.24) is 0 Å². The molecule has 0 N–H and O–H groups in total. The molecule has 18 heavy (non-hydrogen) atoms. The second-order valence-electron chi connectivity index (χ2n) is 3.42. The normalized spacial score (nSPS) is 10.9. The first-order chi connectivity index (χ1) is 8.49. The molecule has 94 valence electrons. The molecule has 1 nitrogen and oxygen atoms in total. The van der Waals surface area contributed by atoms with Crippen LogP contribution >= 0.6 is 46.4 Å². The maximum Gasteiger partial charge on any atom is 0.0880 e. The molecule has 2 aromatic rings. The smallest absolute Gasteiger partial charge is 0.0880 e. The molecule has 0 saturated carbocycles. The minimum atomic E-state index is -1.47. The lowest BCUT2D eigenvalue weighted by Gasteiger charge is -2.07. The third-order valence-electron chi connectivity index (χ3n) is 2.19. The van der Waals surface area contributed by atoms with Gasteiger partial charge in [-0.1, -0.05) is 46.4 Å². The van der Waals surface area contributed by atoms with Crippen LogP contribution in [0.1, 0.15) is 0 Å². The summed E-state index contributed by atoms with van der Waals surface area (Å²) in [5, 5.41) is 1.66. The summed E-state index contributed by atoms with van der Waals surface area (Å²) < 4.78 is 12.4. The van der Waals surface area contributed by atoms with E-state index in [1.165, 1.54) is 0 Å². The Hall–Kier alpha value is -0.250. The molecule has 2 aromatic carbocycles. The van der Waals surface area contributed by atoms with E-state index in [-0.39, 0.29) is 0 Å². The third kappa shape index (κ3) is 3.01. The maximum atomic E-state index is 12.4. The Morgan fingerprint density at radius 3 is 1.44 bits per heavy atom. The van der Waals surface area contributed by atoms with Crippen molar-refractivity contribution in [3.8, 4) is 0 Å². The van der Waals surface area contributed by atoms with Gasteiger partial charge >= 0.3 is 0 Å². The van der Waals surface area contributed by atoms with Crippen molar-refractivity contribution in [2.24, 2.45) is 0 Å². The van der Waals surface area contributed by atoms with E-state index in [2.05, 4.69) is 0 Å². The quantitative estimate of drug-likeness (QED) is 0.709. The molecule has 0 aliphatic carbocycles. The molecule has 0 aliphatic rings. The molecular formula is C12H6Cl4OS. The number of hydrogen-bond acceptors (Lipinski definition) is 1. The Bertz CT molecular complexity index is 574. The van der Waals surface area contributed by atoms with Gasteiger partial charge in [-0.05, 0) is 36.4 Å². The summed E-state index contributed by atoms with van der Waals surface area (Å²) in [5.41, 5.74) is 0. The molecule has 0 amide bonds. The minimum absolute atomic E-state index is 0.340. The van der Waals surface area contributed by atoms with Crippen molar-refractivity contribution in [3.05, 3.63) is 56.5 Å². The third-order valence-corrected chi connectivity index (χ3v) is 5.02. The lowest BCUT2D eigenvalue weighted by atomic mass is 10.3. The summed E-state index contributed by atoms with van der Waals surface area (Å²) in [6.45, 7) is 0. The molecule has 0 fully saturated rings. The summed E-state index contributed by atoms with van der Waals surface area (Å²) in [5.74, 6) is 0. The van der Waals surface area contributed by atoms with E-state index < -0.39 is 10.8 Å². The van der Waals surface area contributed by atoms with Gasteiger partial charge in [0.05, 0.1) is 30.6 Å². The van der Waals surface area contributed by atoms with Gasteiger partial charge in [0, 0.05) is 10.0 Å². The van der Waals surface area contributed by atoms with E-state index in [4.69, 9.17) is 46.4 Å². The van der Waals surface area contributed by atoms with Crippen LogP contribution < -0.4 is 0 Å². The van der Waals surface area contributed by atoms with Crippen LogP contribution in [0.4, 0.5) is 0 Å². The van der Waals surface area contributed by atoms with Crippen LogP contribution in [0.3, 0.4) is 0 Å². The number of rotatable bonds is 2. The summed E-state index contributed by atoms with van der Waals surface area (Å²) in [7, 11) is -1.47. The Balaban J connectivity index is 2.48. The van der Waals surface area contributed by atoms with Gasteiger partial charge in [0.1, 0.15) is 0 Å². The molecule has 0 heterocycles. The topological polar surface area (TPSA) is 17.1 Å². The molecular weight excluding hydrogens is 334 g/mol. The van der Waals surface area contributed by atoms with Crippen molar-refractivity contribution in [2.45, 2.75) is 9.79 Å². The van der Waals surface area contributed by atoms with Crippen molar-refractivity contribution >= 4 is 57.2 Å². The first kappa shape index (κ1) is 14.2. The minimum Gasteiger partial charge on any atom is -0.249 e. The molecule has 0 aliphatic heterocycles. The van der Waals surface area contributed by atoms with E-state index in [0.29, 0.717) is 29.9 Å². The largest absolute Gasteiger partial charge is 0.249 e.